The molecule has 0 saturated carbocycles. The van der Waals surface area contributed by atoms with Gasteiger partial charge >= 0.3 is 0 Å². The maximum Gasteiger partial charge on any atom is 0.285 e. The number of sulfonamides is 1. The van der Waals surface area contributed by atoms with Crippen molar-refractivity contribution >= 4 is 55.1 Å². The molecule has 0 spiro atoms. The van der Waals surface area contributed by atoms with Crippen molar-refractivity contribution < 1.29 is 16.8 Å². The fourth-order valence-electron chi connectivity index (χ4n) is 3.97. The summed E-state index contributed by atoms with van der Waals surface area (Å²) in [5.41, 5.74) is 2.46. The van der Waals surface area contributed by atoms with Gasteiger partial charge in [0.15, 0.2) is 0 Å². The van der Waals surface area contributed by atoms with Crippen molar-refractivity contribution in [3.8, 4) is 0 Å². The summed E-state index contributed by atoms with van der Waals surface area (Å²) >= 11 is 12.0. The lowest BCUT2D eigenvalue weighted by atomic mass is 9.91. The van der Waals surface area contributed by atoms with Crippen LogP contribution in [0.5, 0.6) is 0 Å². The van der Waals surface area contributed by atoms with Crippen molar-refractivity contribution in [2.75, 3.05) is 13.1 Å². The van der Waals surface area contributed by atoms with E-state index in [-0.39, 0.29) is 29.9 Å². The van der Waals surface area contributed by atoms with Crippen molar-refractivity contribution in [2.24, 2.45) is 14.6 Å². The Labute approximate surface area is 237 Å². The normalized spacial score (nSPS) is 17.1. The molecule has 0 unspecified atom stereocenters. The van der Waals surface area contributed by atoms with E-state index in [0.29, 0.717) is 15.8 Å². The van der Waals surface area contributed by atoms with E-state index in [1.54, 1.807) is 19.1 Å². The molecule has 39 heavy (non-hydrogen) atoms. The Balaban J connectivity index is 1.75. The molecule has 2 atom stereocenters. The third-order valence-corrected chi connectivity index (χ3v) is 8.27. The van der Waals surface area contributed by atoms with Crippen LogP contribution < -0.4 is 15.2 Å². The SMILES string of the molecule is C[C@H](CN/C(=N\S(=O)(=O)c1ccc(Cl)cc1)N1C[C@H](c2ccccc2)C(c2ccc(Cl)cc2)=N1)NS(N)(=O)=O. The van der Waals surface area contributed by atoms with Crippen LogP contribution in [-0.4, -0.2) is 52.6 Å². The van der Waals surface area contributed by atoms with Crippen molar-refractivity contribution in [1.29, 1.82) is 0 Å². The Morgan fingerprint density at radius 3 is 2.18 bits per heavy atom. The Bertz CT molecular complexity index is 1580. The molecule has 0 bridgehead atoms. The molecule has 206 valence electrons. The van der Waals surface area contributed by atoms with E-state index in [4.69, 9.17) is 33.4 Å². The van der Waals surface area contributed by atoms with Gasteiger partial charge in [0.25, 0.3) is 20.2 Å². The molecule has 0 radical (unpaired) electrons. The molecule has 3 aromatic rings. The summed E-state index contributed by atoms with van der Waals surface area (Å²) < 4.78 is 55.7. The van der Waals surface area contributed by atoms with Crippen molar-refractivity contribution in [3.05, 3.63) is 100 Å². The average Bonchev–Trinajstić information content (AvgIpc) is 3.32. The average molecular weight is 610 g/mol. The highest BCUT2D eigenvalue weighted by Gasteiger charge is 2.32. The number of guanidine groups is 1. The van der Waals surface area contributed by atoms with E-state index < -0.39 is 26.3 Å². The predicted octanol–water partition coefficient (Wildman–Crippen LogP) is 3.31. The van der Waals surface area contributed by atoms with Gasteiger partial charge in [-0.25, -0.2) is 10.1 Å². The highest BCUT2D eigenvalue weighted by Crippen LogP contribution is 2.30. The van der Waals surface area contributed by atoms with Crippen molar-refractivity contribution in [2.45, 2.75) is 23.8 Å². The fraction of sp³-hybridized carbons (Fsp3) is 0.200. The summed E-state index contributed by atoms with van der Waals surface area (Å²) in [4.78, 5) is -0.0670. The van der Waals surface area contributed by atoms with Crippen LogP contribution in [0.3, 0.4) is 0 Å². The molecule has 0 fully saturated rings. The van der Waals surface area contributed by atoms with Crippen LogP contribution in [0.15, 0.2) is 93.3 Å². The third kappa shape index (κ3) is 7.78. The van der Waals surface area contributed by atoms with E-state index in [2.05, 4.69) is 14.4 Å². The lowest BCUT2D eigenvalue weighted by Crippen LogP contribution is -2.47. The van der Waals surface area contributed by atoms with Gasteiger partial charge in [0.2, 0.25) is 5.96 Å². The quantitative estimate of drug-likeness (QED) is 0.264. The zero-order valence-corrected chi connectivity index (χ0v) is 23.8. The number of nitrogens with one attached hydrogen (secondary N) is 2. The first-order chi connectivity index (χ1) is 18.4. The minimum Gasteiger partial charge on any atom is -0.352 e. The van der Waals surface area contributed by atoms with Gasteiger partial charge < -0.3 is 5.32 Å². The highest BCUT2D eigenvalue weighted by molar-refractivity contribution is 7.90. The van der Waals surface area contributed by atoms with E-state index >= 15 is 0 Å². The zero-order chi connectivity index (χ0) is 28.2. The van der Waals surface area contributed by atoms with Gasteiger partial charge in [-0.2, -0.15) is 26.7 Å². The van der Waals surface area contributed by atoms with E-state index in [1.807, 2.05) is 42.5 Å². The number of hydrogen-bond donors (Lipinski definition) is 3. The van der Waals surface area contributed by atoms with Crippen LogP contribution in [0.1, 0.15) is 24.0 Å². The number of nitrogens with zero attached hydrogens (tertiary/aromatic N) is 3. The summed E-state index contributed by atoms with van der Waals surface area (Å²) in [6, 6.07) is 21.8. The largest absolute Gasteiger partial charge is 0.352 e. The van der Waals surface area contributed by atoms with Gasteiger partial charge in [0.1, 0.15) is 0 Å². The lowest BCUT2D eigenvalue weighted by Gasteiger charge is -2.21. The molecule has 0 aromatic heterocycles. The topological polar surface area (TPSA) is 146 Å². The lowest BCUT2D eigenvalue weighted by molar-refractivity contribution is 0.450. The van der Waals surface area contributed by atoms with E-state index in [9.17, 15) is 16.8 Å². The molecule has 1 aliphatic heterocycles. The number of benzene rings is 3. The Morgan fingerprint density at radius 1 is 1.00 bits per heavy atom. The van der Waals surface area contributed by atoms with E-state index in [0.717, 1.165) is 11.1 Å². The Hall–Kier alpha value is -3.00. The van der Waals surface area contributed by atoms with Crippen molar-refractivity contribution in [1.82, 2.24) is 15.0 Å². The van der Waals surface area contributed by atoms with Crippen LogP contribution in [-0.2, 0) is 20.2 Å². The van der Waals surface area contributed by atoms with Crippen LogP contribution >= 0.6 is 23.2 Å². The monoisotopic (exact) mass is 608 g/mol. The number of rotatable bonds is 8. The highest BCUT2D eigenvalue weighted by atomic mass is 35.5. The minimum absolute atomic E-state index is 0.0241. The molecule has 1 heterocycles. The zero-order valence-electron chi connectivity index (χ0n) is 20.7. The fourth-order valence-corrected chi connectivity index (χ4v) is 5.84. The van der Waals surface area contributed by atoms with Crippen molar-refractivity contribution in [3.63, 3.8) is 0 Å². The predicted molar refractivity (Wildman–Crippen MR) is 154 cm³/mol. The summed E-state index contributed by atoms with van der Waals surface area (Å²) in [7, 11) is -8.17. The number of nitrogens with two attached hydrogens (primary N) is 1. The van der Waals surface area contributed by atoms with Gasteiger partial charge in [0.05, 0.1) is 17.2 Å². The smallest absolute Gasteiger partial charge is 0.285 e. The molecule has 0 saturated heterocycles. The summed E-state index contributed by atoms with van der Waals surface area (Å²) in [5.74, 6) is -0.310. The summed E-state index contributed by atoms with van der Waals surface area (Å²) in [5, 5.41) is 15.2. The molecule has 3 aromatic carbocycles. The van der Waals surface area contributed by atoms with Gasteiger partial charge in [0, 0.05) is 28.5 Å². The van der Waals surface area contributed by atoms with Gasteiger partial charge in [-0.3, -0.25) is 0 Å². The number of halogens is 2. The standard InChI is InChI=1S/C25H26Cl2N6O4S2/c1-17(31-39(28,36)37)15-29-25(32-38(34,35)22-13-11-21(27)12-14-22)33-16-23(18-5-3-2-4-6-18)24(30-33)19-7-9-20(26)10-8-19/h2-14,17,23,31H,15-16H2,1H3,(H,29,32)(H2,28,36,37)/t17-,23-/m1/s1. The third-order valence-electron chi connectivity index (χ3n) is 5.75. The molecule has 10 nitrogen and oxygen atoms in total. The molecule has 0 amide bonds. The Kier molecular flexibility index (Phi) is 8.94. The molecular formula is C25H26Cl2N6O4S2. The second-order valence-electron chi connectivity index (χ2n) is 8.83. The number of hydrogen-bond acceptors (Lipinski definition) is 5. The first-order valence-corrected chi connectivity index (χ1v) is 15.5. The molecular weight excluding hydrogens is 583 g/mol. The molecule has 14 heteroatoms. The Morgan fingerprint density at radius 2 is 1.59 bits per heavy atom. The van der Waals surface area contributed by atoms with Gasteiger partial charge in [-0.05, 0) is 54.4 Å². The molecule has 1 aliphatic rings. The minimum atomic E-state index is -4.19. The van der Waals surface area contributed by atoms with Crippen LogP contribution in [0.25, 0.3) is 0 Å². The molecule has 4 rings (SSSR count). The first-order valence-electron chi connectivity index (χ1n) is 11.7. The maximum atomic E-state index is 13.2. The van der Waals surface area contributed by atoms with Gasteiger partial charge in [-0.1, -0.05) is 65.7 Å². The second-order valence-corrected chi connectivity index (χ2v) is 12.6. The second kappa shape index (κ2) is 12.0. The summed E-state index contributed by atoms with van der Waals surface area (Å²) in [6.07, 6.45) is 0. The molecule has 4 N–H and O–H groups in total. The number of hydrazone groups is 1. The first kappa shape index (κ1) is 29.0. The van der Waals surface area contributed by atoms with Crippen LogP contribution in [0.2, 0.25) is 10.0 Å². The maximum absolute atomic E-state index is 13.2. The van der Waals surface area contributed by atoms with Crippen LogP contribution in [0.4, 0.5) is 0 Å². The van der Waals surface area contributed by atoms with Crippen LogP contribution in [0, 0.1) is 0 Å². The van der Waals surface area contributed by atoms with E-state index in [1.165, 1.54) is 29.3 Å². The molecule has 0 aliphatic carbocycles. The summed E-state index contributed by atoms with van der Waals surface area (Å²) in [6.45, 7) is 1.81. The van der Waals surface area contributed by atoms with Gasteiger partial charge in [-0.15, -0.1) is 4.40 Å².